The van der Waals surface area contributed by atoms with Gasteiger partial charge in [-0.2, -0.15) is 0 Å². The lowest BCUT2D eigenvalue weighted by atomic mass is 10.1. The molecule has 1 atom stereocenters. The summed E-state index contributed by atoms with van der Waals surface area (Å²) >= 11 is 0. The molecule has 0 saturated heterocycles. The normalized spacial score (nSPS) is 12.2. The maximum atomic E-state index is 11.8. The van der Waals surface area contributed by atoms with Gasteiger partial charge in [-0.15, -0.1) is 0 Å². The van der Waals surface area contributed by atoms with Crippen LogP contribution in [0.2, 0.25) is 0 Å². The van der Waals surface area contributed by atoms with Gasteiger partial charge in [-0.25, -0.2) is 0 Å². The number of carbonyl (C=O) groups excluding carboxylic acids is 1. The number of hydrogen-bond acceptors (Lipinski definition) is 4. The van der Waals surface area contributed by atoms with E-state index in [2.05, 4.69) is 5.32 Å². The molecule has 0 saturated carbocycles. The van der Waals surface area contributed by atoms with Gasteiger partial charge in [0.05, 0.1) is 6.04 Å². The van der Waals surface area contributed by atoms with Crippen LogP contribution in [0.15, 0.2) is 18.2 Å². The monoisotopic (exact) mass is 252 g/mol. The van der Waals surface area contributed by atoms with Crippen LogP contribution >= 0.6 is 0 Å². The van der Waals surface area contributed by atoms with Crippen molar-refractivity contribution in [3.05, 3.63) is 23.8 Å². The number of benzene rings is 1. The quantitative estimate of drug-likeness (QED) is 0.527. The molecular weight excluding hydrogens is 232 g/mol. The zero-order valence-electron chi connectivity index (χ0n) is 10.8. The molecule has 0 radical (unpaired) electrons. The molecule has 1 aromatic rings. The van der Waals surface area contributed by atoms with E-state index < -0.39 is 6.04 Å². The van der Waals surface area contributed by atoms with Gasteiger partial charge in [0.1, 0.15) is 5.75 Å². The Morgan fingerprint density at radius 2 is 2.28 bits per heavy atom. The highest BCUT2D eigenvalue weighted by atomic mass is 16.5. The highest BCUT2D eigenvalue weighted by Gasteiger charge is 2.13. The van der Waals surface area contributed by atoms with Crippen LogP contribution in [-0.2, 0) is 9.53 Å². The molecule has 0 heterocycles. The molecule has 0 aliphatic heterocycles. The Morgan fingerprint density at radius 3 is 2.89 bits per heavy atom. The van der Waals surface area contributed by atoms with Crippen molar-refractivity contribution >= 4 is 11.6 Å². The summed E-state index contributed by atoms with van der Waals surface area (Å²) in [6.07, 6.45) is 1.33. The summed E-state index contributed by atoms with van der Waals surface area (Å²) in [7, 11) is 1.62. The van der Waals surface area contributed by atoms with Crippen LogP contribution < -0.4 is 11.1 Å². The Labute approximate surface area is 107 Å². The zero-order valence-corrected chi connectivity index (χ0v) is 10.8. The van der Waals surface area contributed by atoms with Crippen molar-refractivity contribution in [2.75, 3.05) is 19.0 Å². The Kier molecular flexibility index (Phi) is 5.61. The van der Waals surface area contributed by atoms with E-state index in [4.69, 9.17) is 10.5 Å². The molecule has 1 amide bonds. The second kappa shape index (κ2) is 6.98. The topological polar surface area (TPSA) is 84.6 Å². The first-order chi connectivity index (χ1) is 8.54. The molecule has 1 rings (SSSR count). The number of anilines is 1. The molecule has 0 aliphatic rings. The number of phenolic OH excluding ortho intramolecular Hbond substituents is 1. The number of ether oxygens (including phenoxy) is 1. The number of amides is 1. The van der Waals surface area contributed by atoms with Crippen LogP contribution in [-0.4, -0.2) is 30.8 Å². The third-order valence-electron chi connectivity index (χ3n) is 2.66. The van der Waals surface area contributed by atoms with E-state index in [0.717, 1.165) is 6.42 Å². The minimum Gasteiger partial charge on any atom is -0.508 e. The van der Waals surface area contributed by atoms with Crippen LogP contribution in [0.1, 0.15) is 18.4 Å². The van der Waals surface area contributed by atoms with E-state index in [0.29, 0.717) is 24.3 Å². The summed E-state index contributed by atoms with van der Waals surface area (Å²) in [5.41, 5.74) is 7.10. The second-order valence-electron chi connectivity index (χ2n) is 4.23. The lowest BCUT2D eigenvalue weighted by molar-refractivity contribution is -0.117. The van der Waals surface area contributed by atoms with Crippen LogP contribution in [0, 0.1) is 6.92 Å². The van der Waals surface area contributed by atoms with Crippen molar-refractivity contribution in [3.63, 3.8) is 0 Å². The van der Waals surface area contributed by atoms with Gasteiger partial charge < -0.3 is 20.9 Å². The molecular formula is C13H20N2O3. The second-order valence-corrected chi connectivity index (χ2v) is 4.23. The van der Waals surface area contributed by atoms with Gasteiger partial charge in [0.25, 0.3) is 0 Å². The third kappa shape index (κ3) is 4.35. The van der Waals surface area contributed by atoms with Gasteiger partial charge in [-0.1, -0.05) is 0 Å². The predicted molar refractivity (Wildman–Crippen MR) is 70.6 cm³/mol. The SMILES string of the molecule is COCCCC(N)C(=O)Nc1ccc(O)c(C)c1. The Bertz CT molecular complexity index is 407. The Morgan fingerprint density at radius 1 is 1.56 bits per heavy atom. The lowest BCUT2D eigenvalue weighted by Gasteiger charge is -2.12. The van der Waals surface area contributed by atoms with E-state index in [-0.39, 0.29) is 11.7 Å². The van der Waals surface area contributed by atoms with Crippen molar-refractivity contribution in [2.24, 2.45) is 5.73 Å². The van der Waals surface area contributed by atoms with Gasteiger partial charge in [-0.3, -0.25) is 4.79 Å². The summed E-state index contributed by atoms with van der Waals surface area (Å²) in [5.74, 6) is -0.0198. The molecule has 4 N–H and O–H groups in total. The maximum Gasteiger partial charge on any atom is 0.241 e. The number of carbonyl (C=O) groups is 1. The molecule has 5 nitrogen and oxygen atoms in total. The molecule has 0 aromatic heterocycles. The average Bonchev–Trinajstić information content (AvgIpc) is 2.34. The molecule has 1 unspecified atom stereocenters. The minimum absolute atomic E-state index is 0.206. The minimum atomic E-state index is -0.547. The summed E-state index contributed by atoms with van der Waals surface area (Å²) in [5, 5.41) is 12.1. The Balaban J connectivity index is 2.50. The van der Waals surface area contributed by atoms with E-state index >= 15 is 0 Å². The number of aryl methyl sites for hydroxylation is 1. The van der Waals surface area contributed by atoms with Crippen LogP contribution in [0.25, 0.3) is 0 Å². The number of nitrogens with one attached hydrogen (secondary N) is 1. The molecule has 18 heavy (non-hydrogen) atoms. The summed E-state index contributed by atoms with van der Waals surface area (Å²) in [4.78, 5) is 11.8. The van der Waals surface area contributed by atoms with Crippen molar-refractivity contribution < 1.29 is 14.6 Å². The van der Waals surface area contributed by atoms with E-state index in [1.807, 2.05) is 0 Å². The van der Waals surface area contributed by atoms with E-state index in [9.17, 15) is 9.90 Å². The standard InChI is InChI=1S/C13H20N2O3/c1-9-8-10(5-6-12(9)16)15-13(17)11(14)4-3-7-18-2/h5-6,8,11,16H,3-4,7,14H2,1-2H3,(H,15,17). The van der Waals surface area contributed by atoms with Gasteiger partial charge in [-0.05, 0) is 43.5 Å². The number of rotatable bonds is 6. The highest BCUT2D eigenvalue weighted by molar-refractivity contribution is 5.94. The third-order valence-corrected chi connectivity index (χ3v) is 2.66. The molecule has 0 spiro atoms. The van der Waals surface area contributed by atoms with E-state index in [1.165, 1.54) is 0 Å². The number of hydrogen-bond donors (Lipinski definition) is 3. The number of nitrogens with two attached hydrogens (primary N) is 1. The maximum absolute atomic E-state index is 11.8. The van der Waals surface area contributed by atoms with Gasteiger partial charge in [0.2, 0.25) is 5.91 Å². The summed E-state index contributed by atoms with van der Waals surface area (Å²) < 4.78 is 4.90. The van der Waals surface area contributed by atoms with Gasteiger partial charge in [0.15, 0.2) is 0 Å². The first-order valence-electron chi connectivity index (χ1n) is 5.89. The van der Waals surface area contributed by atoms with Crippen molar-refractivity contribution in [2.45, 2.75) is 25.8 Å². The smallest absolute Gasteiger partial charge is 0.241 e. The predicted octanol–water partition coefficient (Wildman–Crippen LogP) is 1.39. The fourth-order valence-electron chi connectivity index (χ4n) is 1.55. The average molecular weight is 252 g/mol. The van der Waals surface area contributed by atoms with Crippen molar-refractivity contribution in [1.29, 1.82) is 0 Å². The number of aromatic hydroxyl groups is 1. The number of phenols is 1. The fourth-order valence-corrected chi connectivity index (χ4v) is 1.55. The first-order valence-corrected chi connectivity index (χ1v) is 5.89. The molecule has 5 heteroatoms. The van der Waals surface area contributed by atoms with Crippen LogP contribution in [0.5, 0.6) is 5.75 Å². The van der Waals surface area contributed by atoms with Gasteiger partial charge in [0, 0.05) is 19.4 Å². The van der Waals surface area contributed by atoms with Gasteiger partial charge >= 0.3 is 0 Å². The summed E-state index contributed by atoms with van der Waals surface area (Å²) in [6, 6.07) is 4.34. The summed E-state index contributed by atoms with van der Waals surface area (Å²) in [6.45, 7) is 2.36. The number of methoxy groups -OCH3 is 1. The molecule has 1 aromatic carbocycles. The lowest BCUT2D eigenvalue weighted by Crippen LogP contribution is -2.35. The molecule has 0 aliphatic carbocycles. The largest absolute Gasteiger partial charge is 0.508 e. The first kappa shape index (κ1) is 14.5. The van der Waals surface area contributed by atoms with Crippen molar-refractivity contribution in [3.8, 4) is 5.75 Å². The fraction of sp³-hybridized carbons (Fsp3) is 0.462. The Hall–Kier alpha value is -1.59. The van der Waals surface area contributed by atoms with Crippen LogP contribution in [0.3, 0.4) is 0 Å². The zero-order chi connectivity index (χ0) is 13.5. The van der Waals surface area contributed by atoms with E-state index in [1.54, 1.807) is 32.2 Å². The molecule has 100 valence electrons. The van der Waals surface area contributed by atoms with Crippen LogP contribution in [0.4, 0.5) is 5.69 Å². The highest BCUT2D eigenvalue weighted by Crippen LogP contribution is 2.20. The van der Waals surface area contributed by atoms with Crippen molar-refractivity contribution in [1.82, 2.24) is 0 Å². The molecule has 0 fully saturated rings. The molecule has 0 bridgehead atoms.